The van der Waals surface area contributed by atoms with Crippen molar-refractivity contribution in [3.63, 3.8) is 0 Å². The summed E-state index contributed by atoms with van der Waals surface area (Å²) in [5, 5.41) is 15.2. The first-order chi connectivity index (χ1) is 20.9. The largest absolute Gasteiger partial charge is 0.392 e. The van der Waals surface area contributed by atoms with Gasteiger partial charge in [-0.15, -0.1) is 11.8 Å². The van der Waals surface area contributed by atoms with Crippen LogP contribution in [0.25, 0.3) is 11.1 Å². The molecule has 0 bridgehead atoms. The number of aliphatic hydroxyl groups excluding tert-OH is 1. The number of nitrogens with one attached hydrogen (secondary N) is 2. The van der Waals surface area contributed by atoms with Crippen LogP contribution in [-0.2, 0) is 32.2 Å². The average molecular weight is 597 g/mol. The standard InChI is InChI=1S/C35H36N2O5S/c1-23(39)36-20-29-5-3-4-6-33(29)26-11-13-28(14-12-26)35-41-31(19-34(42-35)27-9-7-25(21-38)8-10-27)22-43-32-17-15-30(16-18-32)37-24(2)40/h3-18,31,34-35,38H,19-22H2,1-2H3,(H,36,39)(H,37,40)/t31-,34+,35+/m1/s1. The van der Waals surface area contributed by atoms with Gasteiger partial charge in [-0.05, 0) is 52.1 Å². The van der Waals surface area contributed by atoms with E-state index in [2.05, 4.69) is 28.8 Å². The smallest absolute Gasteiger partial charge is 0.221 e. The van der Waals surface area contributed by atoms with Crippen LogP contribution in [0.2, 0.25) is 0 Å². The molecule has 1 fully saturated rings. The van der Waals surface area contributed by atoms with E-state index in [4.69, 9.17) is 9.47 Å². The van der Waals surface area contributed by atoms with Crippen LogP contribution in [0.1, 0.15) is 54.9 Å². The summed E-state index contributed by atoms with van der Waals surface area (Å²) in [6, 6.07) is 31.9. The molecule has 4 aromatic rings. The Balaban J connectivity index is 1.33. The van der Waals surface area contributed by atoms with E-state index in [-0.39, 0.29) is 30.6 Å². The molecule has 0 radical (unpaired) electrons. The maximum atomic E-state index is 11.5. The summed E-state index contributed by atoms with van der Waals surface area (Å²) < 4.78 is 13.0. The van der Waals surface area contributed by atoms with Crippen molar-refractivity contribution in [1.29, 1.82) is 0 Å². The molecule has 0 saturated carbocycles. The third-order valence-corrected chi connectivity index (χ3v) is 8.41. The SMILES string of the molecule is CC(=O)NCc1ccccc1-c1ccc([C@H]2O[C@@H](CSc3ccc(NC(C)=O)cc3)C[C@@H](c3ccc(CO)cc3)O2)cc1. The maximum Gasteiger partial charge on any atom is 0.221 e. The van der Waals surface area contributed by atoms with Crippen molar-refractivity contribution in [3.8, 4) is 11.1 Å². The van der Waals surface area contributed by atoms with Gasteiger partial charge in [0.25, 0.3) is 0 Å². The molecule has 2 amide bonds. The second-order valence-corrected chi connectivity index (χ2v) is 11.6. The lowest BCUT2D eigenvalue weighted by molar-refractivity contribution is -0.245. The van der Waals surface area contributed by atoms with Gasteiger partial charge in [0.2, 0.25) is 11.8 Å². The van der Waals surface area contributed by atoms with Gasteiger partial charge in [0.15, 0.2) is 6.29 Å². The van der Waals surface area contributed by atoms with E-state index in [0.29, 0.717) is 13.0 Å². The summed E-state index contributed by atoms with van der Waals surface area (Å²) in [5.41, 5.74) is 6.76. The third-order valence-electron chi connectivity index (χ3n) is 7.26. The molecule has 0 spiro atoms. The summed E-state index contributed by atoms with van der Waals surface area (Å²) in [7, 11) is 0. The fraction of sp³-hybridized carbons (Fsp3) is 0.257. The number of thioether (sulfide) groups is 1. The first-order valence-corrected chi connectivity index (χ1v) is 15.3. The minimum atomic E-state index is -0.548. The molecule has 0 aromatic heterocycles. The monoisotopic (exact) mass is 596 g/mol. The molecule has 0 aliphatic carbocycles. The van der Waals surface area contributed by atoms with Crippen molar-refractivity contribution < 1.29 is 24.2 Å². The fourth-order valence-electron chi connectivity index (χ4n) is 5.05. The van der Waals surface area contributed by atoms with E-state index in [1.165, 1.54) is 13.8 Å². The van der Waals surface area contributed by atoms with E-state index in [9.17, 15) is 14.7 Å². The van der Waals surface area contributed by atoms with Gasteiger partial charge in [-0.25, -0.2) is 0 Å². The average Bonchev–Trinajstić information content (AvgIpc) is 3.03. The maximum absolute atomic E-state index is 11.5. The molecule has 1 aliphatic heterocycles. The molecule has 3 atom stereocenters. The quantitative estimate of drug-likeness (QED) is 0.175. The van der Waals surface area contributed by atoms with Crippen LogP contribution in [0, 0.1) is 0 Å². The van der Waals surface area contributed by atoms with Gasteiger partial charge in [0.05, 0.1) is 18.8 Å². The van der Waals surface area contributed by atoms with Crippen molar-refractivity contribution in [3.05, 3.63) is 119 Å². The van der Waals surface area contributed by atoms with Crippen LogP contribution in [0.5, 0.6) is 0 Å². The molecular weight excluding hydrogens is 560 g/mol. The molecule has 5 rings (SSSR count). The number of hydrogen-bond donors (Lipinski definition) is 3. The predicted molar refractivity (Wildman–Crippen MR) is 169 cm³/mol. The molecule has 7 nitrogen and oxygen atoms in total. The van der Waals surface area contributed by atoms with Gasteiger partial charge < -0.3 is 25.2 Å². The summed E-state index contributed by atoms with van der Waals surface area (Å²) in [6.45, 7) is 3.48. The topological polar surface area (TPSA) is 96.9 Å². The second-order valence-electron chi connectivity index (χ2n) is 10.6. The number of amides is 2. The highest BCUT2D eigenvalue weighted by molar-refractivity contribution is 7.99. The number of aliphatic hydroxyl groups is 1. The molecule has 4 aromatic carbocycles. The van der Waals surface area contributed by atoms with Crippen LogP contribution in [0.15, 0.2) is 102 Å². The van der Waals surface area contributed by atoms with Crippen molar-refractivity contribution >= 4 is 29.3 Å². The first kappa shape index (κ1) is 30.5. The van der Waals surface area contributed by atoms with Gasteiger partial charge in [0.1, 0.15) is 0 Å². The number of carbonyl (C=O) groups excluding carboxylic acids is 2. The number of benzene rings is 4. The minimum absolute atomic E-state index is 0.00216. The molecule has 43 heavy (non-hydrogen) atoms. The summed E-state index contributed by atoms with van der Waals surface area (Å²) in [5.74, 6) is 0.577. The van der Waals surface area contributed by atoms with Gasteiger partial charge in [-0.1, -0.05) is 72.8 Å². The van der Waals surface area contributed by atoms with Crippen LogP contribution in [-0.4, -0.2) is 28.8 Å². The van der Waals surface area contributed by atoms with E-state index >= 15 is 0 Å². The molecular formula is C35H36N2O5S. The molecule has 1 saturated heterocycles. The summed E-state index contributed by atoms with van der Waals surface area (Å²) in [4.78, 5) is 23.9. The van der Waals surface area contributed by atoms with Crippen LogP contribution in [0.4, 0.5) is 5.69 Å². The fourth-order valence-corrected chi connectivity index (χ4v) is 5.97. The first-order valence-electron chi connectivity index (χ1n) is 14.3. The number of carbonyl (C=O) groups is 2. The van der Waals surface area contributed by atoms with E-state index in [0.717, 1.165) is 49.7 Å². The Hall–Kier alpha value is -3.95. The van der Waals surface area contributed by atoms with Gasteiger partial charge >= 0.3 is 0 Å². The zero-order valence-corrected chi connectivity index (χ0v) is 25.1. The number of ether oxygens (including phenoxy) is 2. The van der Waals surface area contributed by atoms with Gasteiger partial charge in [-0.2, -0.15) is 0 Å². The van der Waals surface area contributed by atoms with Crippen molar-refractivity contribution in [1.82, 2.24) is 5.32 Å². The summed E-state index contributed by atoms with van der Waals surface area (Å²) in [6.07, 6.45) is -0.0927. The molecule has 3 N–H and O–H groups in total. The second kappa shape index (κ2) is 14.5. The molecule has 8 heteroatoms. The van der Waals surface area contributed by atoms with E-state index in [1.807, 2.05) is 78.9 Å². The molecule has 0 unspecified atom stereocenters. The number of hydrogen-bond acceptors (Lipinski definition) is 6. The number of anilines is 1. The minimum Gasteiger partial charge on any atom is -0.392 e. The number of rotatable bonds is 10. The van der Waals surface area contributed by atoms with Gasteiger partial charge in [-0.3, -0.25) is 9.59 Å². The van der Waals surface area contributed by atoms with Gasteiger partial charge in [0, 0.05) is 48.7 Å². The molecule has 1 heterocycles. The van der Waals surface area contributed by atoms with Crippen LogP contribution in [0.3, 0.4) is 0 Å². The Morgan fingerprint density at radius 2 is 1.53 bits per heavy atom. The Morgan fingerprint density at radius 1 is 0.837 bits per heavy atom. The third kappa shape index (κ3) is 8.33. The van der Waals surface area contributed by atoms with E-state index < -0.39 is 6.29 Å². The lowest BCUT2D eigenvalue weighted by Gasteiger charge is -2.36. The Labute approximate surface area is 256 Å². The Bertz CT molecular complexity index is 1520. The molecule has 1 aliphatic rings. The van der Waals surface area contributed by atoms with Crippen molar-refractivity contribution in [2.24, 2.45) is 0 Å². The highest BCUT2D eigenvalue weighted by Crippen LogP contribution is 2.40. The Kier molecular flexibility index (Phi) is 10.3. The predicted octanol–water partition coefficient (Wildman–Crippen LogP) is 6.78. The molecule has 222 valence electrons. The Morgan fingerprint density at radius 3 is 2.21 bits per heavy atom. The normalized spacial score (nSPS) is 18.2. The zero-order chi connectivity index (χ0) is 30.2. The van der Waals surface area contributed by atoms with Crippen molar-refractivity contribution in [2.75, 3.05) is 11.1 Å². The van der Waals surface area contributed by atoms with Crippen LogP contribution < -0.4 is 10.6 Å². The highest BCUT2D eigenvalue weighted by Gasteiger charge is 2.32. The van der Waals surface area contributed by atoms with E-state index in [1.54, 1.807) is 11.8 Å². The lowest BCUT2D eigenvalue weighted by atomic mass is 9.98. The lowest BCUT2D eigenvalue weighted by Crippen LogP contribution is -2.31. The zero-order valence-electron chi connectivity index (χ0n) is 24.3. The van der Waals surface area contributed by atoms with Crippen molar-refractivity contribution in [2.45, 2.75) is 56.8 Å². The highest BCUT2D eigenvalue weighted by atomic mass is 32.2. The summed E-state index contributed by atoms with van der Waals surface area (Å²) >= 11 is 1.71. The van der Waals surface area contributed by atoms with Crippen LogP contribution >= 0.6 is 11.8 Å².